The Hall–Kier alpha value is -2.12. The van der Waals surface area contributed by atoms with Gasteiger partial charge < -0.3 is 0 Å². The van der Waals surface area contributed by atoms with E-state index in [1.807, 2.05) is 19.1 Å². The largest absolute Gasteiger partial charge is 0.224 e. The fourth-order valence-corrected chi connectivity index (χ4v) is 3.57. The van der Waals surface area contributed by atoms with Crippen molar-refractivity contribution >= 4 is 9.84 Å². The van der Waals surface area contributed by atoms with Gasteiger partial charge in [0.1, 0.15) is 0 Å². The fraction of sp³-hybridized carbons (Fsp3) is 0.188. The van der Waals surface area contributed by atoms with Crippen LogP contribution in [0.25, 0.3) is 0 Å². The first-order valence-corrected chi connectivity index (χ1v) is 7.92. The number of hydrogen-bond donors (Lipinski definition) is 0. The molecule has 0 saturated heterocycles. The van der Waals surface area contributed by atoms with Crippen molar-refractivity contribution in [3.63, 3.8) is 0 Å². The topological polar surface area (TPSA) is 57.9 Å². The van der Waals surface area contributed by atoms with Gasteiger partial charge in [0.15, 0.2) is 9.84 Å². The highest BCUT2D eigenvalue weighted by molar-refractivity contribution is 7.91. The third-order valence-corrected chi connectivity index (χ3v) is 4.84. The maximum absolute atomic E-state index is 12.4. The van der Waals surface area contributed by atoms with Crippen molar-refractivity contribution in [3.05, 3.63) is 65.7 Å². The Kier molecular flexibility index (Phi) is 4.21. The Morgan fingerprint density at radius 1 is 1.10 bits per heavy atom. The number of sulfone groups is 1. The predicted molar refractivity (Wildman–Crippen MR) is 78.0 cm³/mol. The number of benzene rings is 2. The molecule has 0 N–H and O–H groups in total. The molecule has 0 fully saturated rings. The molecule has 4 heteroatoms. The van der Waals surface area contributed by atoms with Crippen molar-refractivity contribution in [1.29, 1.82) is 5.26 Å². The first-order chi connectivity index (χ1) is 9.53. The van der Waals surface area contributed by atoms with Crippen molar-refractivity contribution in [1.82, 2.24) is 0 Å². The molecule has 0 heterocycles. The summed E-state index contributed by atoms with van der Waals surface area (Å²) < 4.78 is 24.8. The van der Waals surface area contributed by atoms with Crippen LogP contribution in [0.2, 0.25) is 0 Å². The normalized spacial score (nSPS) is 12.6. The molecule has 3 nitrogen and oxygen atoms in total. The summed E-state index contributed by atoms with van der Waals surface area (Å²) >= 11 is 0. The maximum Gasteiger partial charge on any atom is 0.180 e. The van der Waals surface area contributed by atoms with Crippen molar-refractivity contribution in [2.75, 3.05) is 5.75 Å². The Labute approximate surface area is 119 Å². The Balaban J connectivity index is 2.30. The molecule has 0 bridgehead atoms. The smallest absolute Gasteiger partial charge is 0.180 e. The van der Waals surface area contributed by atoms with Gasteiger partial charge in [0.05, 0.1) is 22.6 Å². The van der Waals surface area contributed by atoms with Gasteiger partial charge in [0.25, 0.3) is 0 Å². The molecule has 0 saturated carbocycles. The van der Waals surface area contributed by atoms with Crippen LogP contribution >= 0.6 is 0 Å². The van der Waals surface area contributed by atoms with E-state index in [9.17, 15) is 13.7 Å². The molecule has 0 amide bonds. The molecule has 2 aromatic carbocycles. The molecular formula is C16H15NO2S. The van der Waals surface area contributed by atoms with Gasteiger partial charge in [-0.1, -0.05) is 42.5 Å². The average molecular weight is 285 g/mol. The van der Waals surface area contributed by atoms with E-state index in [0.717, 1.165) is 11.1 Å². The van der Waals surface area contributed by atoms with Crippen LogP contribution in [0.4, 0.5) is 0 Å². The van der Waals surface area contributed by atoms with E-state index in [-0.39, 0.29) is 10.6 Å². The first kappa shape index (κ1) is 14.3. The molecule has 0 spiro atoms. The van der Waals surface area contributed by atoms with Crippen molar-refractivity contribution < 1.29 is 8.42 Å². The zero-order chi connectivity index (χ0) is 14.6. The lowest BCUT2D eigenvalue weighted by Crippen LogP contribution is -2.14. The highest BCUT2D eigenvalue weighted by Crippen LogP contribution is 2.21. The number of nitrogens with zero attached hydrogens (tertiary/aromatic N) is 1. The van der Waals surface area contributed by atoms with E-state index in [1.165, 1.54) is 0 Å². The van der Waals surface area contributed by atoms with Crippen LogP contribution in [0.5, 0.6) is 0 Å². The Bertz CT molecular complexity index is 731. The molecule has 102 valence electrons. The summed E-state index contributed by atoms with van der Waals surface area (Å²) in [6, 6.07) is 17.8. The summed E-state index contributed by atoms with van der Waals surface area (Å²) in [7, 11) is -3.46. The standard InChI is InChI=1S/C16H15NO2S/c1-13-6-5-9-16(10-13)20(18,19)12-15(11-17)14-7-3-2-4-8-14/h2-10,15H,12H2,1H3. The molecule has 0 aliphatic heterocycles. The molecule has 0 aromatic heterocycles. The van der Waals surface area contributed by atoms with E-state index in [2.05, 4.69) is 6.07 Å². The highest BCUT2D eigenvalue weighted by atomic mass is 32.2. The van der Waals surface area contributed by atoms with Crippen LogP contribution < -0.4 is 0 Å². The summed E-state index contributed by atoms with van der Waals surface area (Å²) in [4.78, 5) is 0.272. The fourth-order valence-electron chi connectivity index (χ4n) is 2.02. The van der Waals surface area contributed by atoms with Gasteiger partial charge in [-0.25, -0.2) is 8.42 Å². The van der Waals surface area contributed by atoms with Gasteiger partial charge in [0, 0.05) is 0 Å². The lowest BCUT2D eigenvalue weighted by atomic mass is 10.0. The van der Waals surface area contributed by atoms with Crippen LogP contribution in [0.1, 0.15) is 17.0 Å². The van der Waals surface area contributed by atoms with Crippen molar-refractivity contribution in [2.45, 2.75) is 17.7 Å². The third kappa shape index (κ3) is 3.25. The van der Waals surface area contributed by atoms with E-state index in [0.29, 0.717) is 0 Å². The molecular weight excluding hydrogens is 270 g/mol. The quantitative estimate of drug-likeness (QED) is 0.867. The van der Waals surface area contributed by atoms with Gasteiger partial charge in [-0.15, -0.1) is 0 Å². The average Bonchev–Trinajstić information content (AvgIpc) is 2.46. The monoisotopic (exact) mass is 285 g/mol. The zero-order valence-corrected chi connectivity index (χ0v) is 12.0. The van der Waals surface area contributed by atoms with Gasteiger partial charge in [0.2, 0.25) is 0 Å². The van der Waals surface area contributed by atoms with Crippen molar-refractivity contribution in [3.8, 4) is 6.07 Å². The first-order valence-electron chi connectivity index (χ1n) is 6.27. The van der Waals surface area contributed by atoms with Crippen LogP contribution in [-0.2, 0) is 9.84 Å². The maximum atomic E-state index is 12.4. The minimum absolute atomic E-state index is 0.197. The van der Waals surface area contributed by atoms with Crippen molar-refractivity contribution in [2.24, 2.45) is 0 Å². The Morgan fingerprint density at radius 2 is 1.80 bits per heavy atom. The minimum atomic E-state index is -3.46. The second kappa shape index (κ2) is 5.89. The molecule has 0 aliphatic carbocycles. The third-order valence-electron chi connectivity index (χ3n) is 3.09. The number of aryl methyl sites for hydroxylation is 1. The number of hydrogen-bond acceptors (Lipinski definition) is 3. The second-order valence-electron chi connectivity index (χ2n) is 4.69. The number of nitriles is 1. The van der Waals surface area contributed by atoms with Gasteiger partial charge >= 0.3 is 0 Å². The van der Waals surface area contributed by atoms with Gasteiger partial charge in [-0.05, 0) is 30.2 Å². The predicted octanol–water partition coefficient (Wildman–Crippen LogP) is 3.08. The second-order valence-corrected chi connectivity index (χ2v) is 6.72. The summed E-state index contributed by atoms with van der Waals surface area (Å²) in [6.07, 6.45) is 0. The highest BCUT2D eigenvalue weighted by Gasteiger charge is 2.22. The molecule has 2 rings (SSSR count). The van der Waals surface area contributed by atoms with E-state index >= 15 is 0 Å². The zero-order valence-electron chi connectivity index (χ0n) is 11.2. The molecule has 20 heavy (non-hydrogen) atoms. The van der Waals surface area contributed by atoms with Crippen LogP contribution in [0.15, 0.2) is 59.5 Å². The molecule has 0 aliphatic rings. The summed E-state index contributed by atoms with van der Waals surface area (Å²) in [6.45, 7) is 1.85. The lowest BCUT2D eigenvalue weighted by Gasteiger charge is -2.10. The van der Waals surface area contributed by atoms with Gasteiger partial charge in [-0.2, -0.15) is 5.26 Å². The minimum Gasteiger partial charge on any atom is -0.224 e. The molecule has 0 radical (unpaired) electrons. The lowest BCUT2D eigenvalue weighted by molar-refractivity contribution is 0.593. The van der Waals surface area contributed by atoms with Crippen LogP contribution in [0, 0.1) is 18.3 Å². The van der Waals surface area contributed by atoms with E-state index in [1.54, 1.807) is 42.5 Å². The molecule has 1 atom stereocenters. The van der Waals surface area contributed by atoms with E-state index in [4.69, 9.17) is 0 Å². The number of rotatable bonds is 4. The van der Waals surface area contributed by atoms with Crippen LogP contribution in [0.3, 0.4) is 0 Å². The Morgan fingerprint density at radius 3 is 2.40 bits per heavy atom. The summed E-state index contributed by atoms with van der Waals surface area (Å²) in [5.74, 6) is -0.849. The summed E-state index contributed by atoms with van der Waals surface area (Å²) in [5, 5.41) is 9.23. The summed E-state index contributed by atoms with van der Waals surface area (Å²) in [5.41, 5.74) is 1.62. The SMILES string of the molecule is Cc1cccc(S(=O)(=O)CC(C#N)c2ccccc2)c1. The molecule has 2 aromatic rings. The molecule has 1 unspecified atom stereocenters. The van der Waals surface area contributed by atoms with E-state index < -0.39 is 15.8 Å². The van der Waals surface area contributed by atoms with Gasteiger partial charge in [-0.3, -0.25) is 0 Å². The van der Waals surface area contributed by atoms with Crippen LogP contribution in [-0.4, -0.2) is 14.2 Å².